The Labute approximate surface area is 170 Å². The Morgan fingerprint density at radius 3 is 2.55 bits per heavy atom. The summed E-state index contributed by atoms with van der Waals surface area (Å²) in [6.07, 6.45) is -0.417. The molecule has 0 aliphatic carbocycles. The Hall–Kier alpha value is -2.92. The van der Waals surface area contributed by atoms with E-state index >= 15 is 0 Å². The van der Waals surface area contributed by atoms with Crippen molar-refractivity contribution in [1.29, 1.82) is 0 Å². The van der Waals surface area contributed by atoms with Crippen molar-refractivity contribution in [2.24, 2.45) is 0 Å². The molecule has 0 unspecified atom stereocenters. The van der Waals surface area contributed by atoms with Crippen LogP contribution < -0.4 is 5.32 Å². The van der Waals surface area contributed by atoms with E-state index in [0.29, 0.717) is 10.8 Å². The van der Waals surface area contributed by atoms with Gasteiger partial charge < -0.3 is 9.73 Å². The summed E-state index contributed by atoms with van der Waals surface area (Å²) in [4.78, 5) is 16.4. The minimum atomic E-state index is -4.55. The third-order valence-corrected chi connectivity index (χ3v) is 4.35. The first-order valence-electron chi connectivity index (χ1n) is 8.04. The zero-order chi connectivity index (χ0) is 20.8. The van der Waals surface area contributed by atoms with Gasteiger partial charge in [0.05, 0.1) is 34.0 Å². The number of aromatic nitrogens is 6. The Kier molecular flexibility index (Phi) is 4.79. The molecule has 0 saturated carbocycles. The molecule has 0 saturated heterocycles. The van der Waals surface area contributed by atoms with E-state index in [1.54, 1.807) is 6.92 Å². The summed E-state index contributed by atoms with van der Waals surface area (Å²) >= 11 is 11.7. The molecule has 29 heavy (non-hydrogen) atoms. The topological polar surface area (TPSA) is 94.6 Å². The van der Waals surface area contributed by atoms with Gasteiger partial charge in [0, 0.05) is 0 Å². The van der Waals surface area contributed by atoms with Gasteiger partial charge in [-0.05, 0) is 19.1 Å². The summed E-state index contributed by atoms with van der Waals surface area (Å²) in [5.41, 5.74) is -0.901. The van der Waals surface area contributed by atoms with E-state index in [1.165, 1.54) is 23.4 Å². The van der Waals surface area contributed by atoms with Crippen LogP contribution in [0.3, 0.4) is 0 Å². The number of nitrogens with one attached hydrogen (secondary N) is 1. The predicted molar refractivity (Wildman–Crippen MR) is 98.0 cm³/mol. The molecule has 0 aliphatic heterocycles. The van der Waals surface area contributed by atoms with Crippen LogP contribution in [0.15, 0.2) is 35.3 Å². The van der Waals surface area contributed by atoms with Gasteiger partial charge in [0.25, 0.3) is 12.0 Å². The van der Waals surface area contributed by atoms with Gasteiger partial charge in [0.1, 0.15) is 11.8 Å². The zero-order valence-corrected chi connectivity index (χ0v) is 16.0. The lowest BCUT2D eigenvalue weighted by atomic mass is 10.2. The third-order valence-electron chi connectivity index (χ3n) is 3.87. The first-order valence-corrected chi connectivity index (χ1v) is 8.79. The van der Waals surface area contributed by atoms with E-state index in [4.69, 9.17) is 27.6 Å². The molecule has 0 radical (unpaired) electrons. The number of benzene rings is 1. The molecular weight excluding hydrogens is 434 g/mol. The van der Waals surface area contributed by atoms with Crippen LogP contribution in [0.25, 0.3) is 17.0 Å². The number of hydrogen-bond donors (Lipinski definition) is 1. The average molecular weight is 444 g/mol. The summed E-state index contributed by atoms with van der Waals surface area (Å²) in [6.45, 7) is 1.73. The number of rotatable bonds is 4. The SMILES string of the molecule is C[C@H](Nc1nc2cc(C(F)(F)F)cc(Cl)c2o1)c1ncnn1-c1ncc(Cl)cn1. The predicted octanol–water partition coefficient (Wildman–Crippen LogP) is 4.70. The Balaban J connectivity index is 1.63. The first-order chi connectivity index (χ1) is 13.7. The molecule has 4 aromatic rings. The maximum Gasteiger partial charge on any atom is 0.416 e. The van der Waals surface area contributed by atoms with Gasteiger partial charge in [-0.25, -0.2) is 15.0 Å². The zero-order valence-electron chi connectivity index (χ0n) is 14.4. The maximum atomic E-state index is 13.0. The summed E-state index contributed by atoms with van der Waals surface area (Å²) in [5.74, 6) is 0.655. The quantitative estimate of drug-likeness (QED) is 0.488. The summed E-state index contributed by atoms with van der Waals surface area (Å²) in [5, 5.41) is 7.16. The van der Waals surface area contributed by atoms with E-state index < -0.39 is 17.8 Å². The van der Waals surface area contributed by atoms with Crippen LogP contribution >= 0.6 is 23.2 Å². The number of hydrogen-bond acceptors (Lipinski definition) is 7. The standard InChI is InChI=1S/C16H10Cl2F3N7O/c1-7(13-24-6-25-28(13)14-22-4-9(17)5-23-14)26-15-27-11-3-8(16(19,20)21)2-10(18)12(11)29-15/h2-7H,1H3,(H,26,27)/t7-/m0/s1. The van der Waals surface area contributed by atoms with Gasteiger partial charge in [-0.3, -0.25) is 0 Å². The van der Waals surface area contributed by atoms with Crippen molar-refractivity contribution >= 4 is 40.3 Å². The van der Waals surface area contributed by atoms with Crippen molar-refractivity contribution in [3.05, 3.63) is 52.3 Å². The normalized spacial score (nSPS) is 13.0. The molecule has 1 atom stereocenters. The van der Waals surface area contributed by atoms with Gasteiger partial charge in [-0.2, -0.15) is 27.9 Å². The van der Waals surface area contributed by atoms with Crippen molar-refractivity contribution in [3.63, 3.8) is 0 Å². The lowest BCUT2D eigenvalue weighted by Gasteiger charge is -2.12. The van der Waals surface area contributed by atoms with E-state index in [1.807, 2.05) is 0 Å². The van der Waals surface area contributed by atoms with Crippen molar-refractivity contribution < 1.29 is 17.6 Å². The molecular formula is C16H10Cl2F3N7O. The van der Waals surface area contributed by atoms with Crippen LogP contribution in [0.4, 0.5) is 19.2 Å². The fourth-order valence-corrected chi connectivity index (χ4v) is 2.93. The number of alkyl halides is 3. The van der Waals surface area contributed by atoms with Crippen molar-refractivity contribution in [2.75, 3.05) is 5.32 Å². The number of anilines is 1. The largest absolute Gasteiger partial charge is 0.422 e. The highest BCUT2D eigenvalue weighted by atomic mass is 35.5. The molecule has 0 fully saturated rings. The fourth-order valence-electron chi connectivity index (χ4n) is 2.58. The molecule has 3 heterocycles. The second-order valence-electron chi connectivity index (χ2n) is 5.92. The summed E-state index contributed by atoms with van der Waals surface area (Å²) in [6, 6.07) is 1.12. The second kappa shape index (κ2) is 7.16. The summed E-state index contributed by atoms with van der Waals surface area (Å²) in [7, 11) is 0. The van der Waals surface area contributed by atoms with Crippen LogP contribution in [0, 0.1) is 0 Å². The Morgan fingerprint density at radius 1 is 1.14 bits per heavy atom. The molecule has 8 nitrogen and oxygen atoms in total. The van der Waals surface area contributed by atoms with Gasteiger partial charge >= 0.3 is 6.18 Å². The molecule has 13 heteroatoms. The van der Waals surface area contributed by atoms with Crippen molar-refractivity contribution in [2.45, 2.75) is 19.1 Å². The maximum absolute atomic E-state index is 13.0. The lowest BCUT2D eigenvalue weighted by molar-refractivity contribution is -0.137. The van der Waals surface area contributed by atoms with Gasteiger partial charge in [0.15, 0.2) is 11.4 Å². The van der Waals surface area contributed by atoms with E-state index in [9.17, 15) is 13.2 Å². The van der Waals surface area contributed by atoms with E-state index in [0.717, 1.165) is 12.1 Å². The molecule has 0 aliphatic rings. The minimum Gasteiger partial charge on any atom is -0.422 e. The highest BCUT2D eigenvalue weighted by Crippen LogP contribution is 2.36. The summed E-state index contributed by atoms with van der Waals surface area (Å²) < 4.78 is 45.7. The van der Waals surface area contributed by atoms with E-state index in [-0.39, 0.29) is 28.1 Å². The third kappa shape index (κ3) is 3.83. The fraction of sp³-hybridized carbons (Fsp3) is 0.188. The number of oxazole rings is 1. The smallest absolute Gasteiger partial charge is 0.416 e. The Bertz CT molecular complexity index is 1170. The highest BCUT2D eigenvalue weighted by molar-refractivity contribution is 6.34. The van der Waals surface area contributed by atoms with E-state index in [2.05, 4.69) is 30.4 Å². The Morgan fingerprint density at radius 2 is 1.86 bits per heavy atom. The monoisotopic (exact) mass is 443 g/mol. The first kappa shape index (κ1) is 19.4. The van der Waals surface area contributed by atoms with Gasteiger partial charge in [0.2, 0.25) is 0 Å². The molecule has 150 valence electrons. The van der Waals surface area contributed by atoms with Crippen LogP contribution in [0.5, 0.6) is 0 Å². The number of nitrogens with zero attached hydrogens (tertiary/aromatic N) is 6. The molecule has 1 N–H and O–H groups in total. The number of fused-ring (bicyclic) bond motifs is 1. The van der Waals surface area contributed by atoms with Crippen LogP contribution in [-0.2, 0) is 6.18 Å². The average Bonchev–Trinajstić information content (AvgIpc) is 3.28. The highest BCUT2D eigenvalue weighted by Gasteiger charge is 2.32. The molecule has 0 spiro atoms. The molecule has 3 aromatic heterocycles. The van der Waals surface area contributed by atoms with Gasteiger partial charge in [-0.15, -0.1) is 0 Å². The van der Waals surface area contributed by atoms with Crippen LogP contribution in [0.1, 0.15) is 24.4 Å². The van der Waals surface area contributed by atoms with Crippen LogP contribution in [-0.4, -0.2) is 29.7 Å². The van der Waals surface area contributed by atoms with Crippen LogP contribution in [0.2, 0.25) is 10.0 Å². The molecule has 4 rings (SSSR count). The lowest BCUT2D eigenvalue weighted by Crippen LogP contribution is -2.15. The van der Waals surface area contributed by atoms with Crippen molar-refractivity contribution in [1.82, 2.24) is 29.7 Å². The minimum absolute atomic E-state index is 0.0259. The van der Waals surface area contributed by atoms with Crippen molar-refractivity contribution in [3.8, 4) is 5.95 Å². The molecule has 0 amide bonds. The second-order valence-corrected chi connectivity index (χ2v) is 6.76. The van der Waals surface area contributed by atoms with Gasteiger partial charge in [-0.1, -0.05) is 23.2 Å². The molecule has 1 aromatic carbocycles. The number of halogens is 5. The molecule has 0 bridgehead atoms.